The van der Waals surface area contributed by atoms with Crippen LogP contribution in [0.25, 0.3) is 0 Å². The van der Waals surface area contributed by atoms with Gasteiger partial charge < -0.3 is 9.88 Å². The van der Waals surface area contributed by atoms with Crippen molar-refractivity contribution < 1.29 is 0 Å². The molecular formula is C16H21Br2N3. The lowest BCUT2D eigenvalue weighted by molar-refractivity contribution is 0.529. The van der Waals surface area contributed by atoms with E-state index in [1.165, 1.54) is 5.56 Å². The molecule has 0 bridgehead atoms. The Morgan fingerprint density at radius 1 is 1.24 bits per heavy atom. The van der Waals surface area contributed by atoms with E-state index in [9.17, 15) is 0 Å². The molecule has 1 atom stereocenters. The number of imidazole rings is 1. The van der Waals surface area contributed by atoms with Crippen LogP contribution in [0.1, 0.15) is 44.1 Å². The highest BCUT2D eigenvalue weighted by Gasteiger charge is 2.21. The van der Waals surface area contributed by atoms with E-state index in [1.807, 2.05) is 12.3 Å². The van der Waals surface area contributed by atoms with Crippen molar-refractivity contribution in [2.75, 3.05) is 6.54 Å². The van der Waals surface area contributed by atoms with Crippen LogP contribution in [-0.4, -0.2) is 16.1 Å². The van der Waals surface area contributed by atoms with Gasteiger partial charge in [-0.05, 0) is 43.1 Å². The van der Waals surface area contributed by atoms with Crippen LogP contribution in [0, 0.1) is 0 Å². The van der Waals surface area contributed by atoms with Gasteiger partial charge in [0.05, 0.1) is 6.04 Å². The Labute approximate surface area is 143 Å². The van der Waals surface area contributed by atoms with Crippen molar-refractivity contribution in [3.05, 3.63) is 50.9 Å². The summed E-state index contributed by atoms with van der Waals surface area (Å²) in [4.78, 5) is 4.60. The zero-order valence-electron chi connectivity index (χ0n) is 12.4. The maximum absolute atomic E-state index is 4.60. The molecule has 0 aliphatic heterocycles. The van der Waals surface area contributed by atoms with E-state index >= 15 is 0 Å². The van der Waals surface area contributed by atoms with Gasteiger partial charge in [0, 0.05) is 27.9 Å². The molecule has 0 fully saturated rings. The second-order valence-corrected chi connectivity index (χ2v) is 6.80. The van der Waals surface area contributed by atoms with E-state index < -0.39 is 0 Å². The third-order valence-corrected chi connectivity index (χ3v) is 4.55. The molecule has 0 saturated carbocycles. The minimum atomic E-state index is 0.0957. The molecule has 2 rings (SSSR count). The molecule has 1 aromatic heterocycles. The molecule has 0 amide bonds. The second kappa shape index (κ2) is 8.11. The first-order valence-electron chi connectivity index (χ1n) is 7.36. The van der Waals surface area contributed by atoms with Gasteiger partial charge in [-0.25, -0.2) is 4.98 Å². The summed E-state index contributed by atoms with van der Waals surface area (Å²) < 4.78 is 4.42. The minimum Gasteiger partial charge on any atom is -0.333 e. The first kappa shape index (κ1) is 16.7. The molecular weight excluding hydrogens is 394 g/mol. The van der Waals surface area contributed by atoms with Crippen molar-refractivity contribution in [1.82, 2.24) is 14.9 Å². The largest absolute Gasteiger partial charge is 0.333 e. The molecule has 3 nitrogen and oxygen atoms in total. The maximum Gasteiger partial charge on any atom is 0.130 e. The van der Waals surface area contributed by atoms with Crippen LogP contribution >= 0.6 is 31.9 Å². The quantitative estimate of drug-likeness (QED) is 0.697. The Morgan fingerprint density at radius 3 is 2.76 bits per heavy atom. The van der Waals surface area contributed by atoms with E-state index in [4.69, 9.17) is 0 Å². The summed E-state index contributed by atoms with van der Waals surface area (Å²) in [5.74, 6) is 1.07. The standard InChI is InChI=1S/C16H21Br2N3/c1-3-7-19-15(13-11-12(17)5-6-14(13)18)16-20-8-10-21(16)9-4-2/h5-6,8,10-11,15,19H,3-4,7,9H2,1-2H3. The lowest BCUT2D eigenvalue weighted by Gasteiger charge is -2.21. The van der Waals surface area contributed by atoms with Crippen LogP contribution in [-0.2, 0) is 6.54 Å². The number of aryl methyl sites for hydroxylation is 1. The summed E-state index contributed by atoms with van der Waals surface area (Å²) in [5.41, 5.74) is 1.21. The summed E-state index contributed by atoms with van der Waals surface area (Å²) in [5, 5.41) is 3.62. The second-order valence-electron chi connectivity index (χ2n) is 5.03. The monoisotopic (exact) mass is 413 g/mol. The van der Waals surface area contributed by atoms with Crippen LogP contribution in [0.4, 0.5) is 0 Å². The number of nitrogens with one attached hydrogen (secondary N) is 1. The van der Waals surface area contributed by atoms with Crippen molar-refractivity contribution >= 4 is 31.9 Å². The zero-order chi connectivity index (χ0) is 15.2. The molecule has 1 unspecified atom stereocenters. The van der Waals surface area contributed by atoms with Gasteiger partial charge >= 0.3 is 0 Å². The predicted octanol–water partition coefficient (Wildman–Crippen LogP) is 4.91. The molecule has 1 aromatic carbocycles. The van der Waals surface area contributed by atoms with E-state index in [0.29, 0.717) is 0 Å². The van der Waals surface area contributed by atoms with Crippen molar-refractivity contribution in [3.63, 3.8) is 0 Å². The molecule has 2 aromatic rings. The number of benzene rings is 1. The number of aromatic nitrogens is 2. The van der Waals surface area contributed by atoms with E-state index in [2.05, 4.69) is 78.9 Å². The number of hydrogen-bond acceptors (Lipinski definition) is 2. The third kappa shape index (κ3) is 4.18. The van der Waals surface area contributed by atoms with Crippen LogP contribution in [0.3, 0.4) is 0 Å². The van der Waals surface area contributed by atoms with Gasteiger partial charge in [-0.2, -0.15) is 0 Å². The highest BCUT2D eigenvalue weighted by Crippen LogP contribution is 2.30. The van der Waals surface area contributed by atoms with Crippen molar-refractivity contribution in [2.45, 2.75) is 39.3 Å². The van der Waals surface area contributed by atoms with Gasteiger partial charge in [0.25, 0.3) is 0 Å². The fraction of sp³-hybridized carbons (Fsp3) is 0.438. The van der Waals surface area contributed by atoms with E-state index in [-0.39, 0.29) is 6.04 Å². The molecule has 0 saturated heterocycles. The highest BCUT2D eigenvalue weighted by atomic mass is 79.9. The van der Waals surface area contributed by atoms with Gasteiger partial charge in [-0.1, -0.05) is 45.7 Å². The fourth-order valence-corrected chi connectivity index (χ4v) is 3.23. The lowest BCUT2D eigenvalue weighted by atomic mass is 10.1. The molecule has 0 aliphatic rings. The Bertz CT molecular complexity index is 581. The molecule has 0 spiro atoms. The Hall–Kier alpha value is -0.650. The van der Waals surface area contributed by atoms with Gasteiger partial charge in [-0.3, -0.25) is 0 Å². The third-order valence-electron chi connectivity index (χ3n) is 3.34. The normalized spacial score (nSPS) is 12.6. The van der Waals surface area contributed by atoms with E-state index in [0.717, 1.165) is 40.7 Å². The molecule has 0 aliphatic carbocycles. The molecule has 5 heteroatoms. The minimum absolute atomic E-state index is 0.0957. The van der Waals surface area contributed by atoms with Gasteiger partial charge in [0.1, 0.15) is 5.82 Å². The molecule has 1 N–H and O–H groups in total. The summed E-state index contributed by atoms with van der Waals surface area (Å²) >= 11 is 7.24. The van der Waals surface area contributed by atoms with Crippen molar-refractivity contribution in [3.8, 4) is 0 Å². The number of halogens is 2. The van der Waals surface area contributed by atoms with E-state index in [1.54, 1.807) is 0 Å². The molecule has 0 radical (unpaired) electrons. The Morgan fingerprint density at radius 2 is 2.05 bits per heavy atom. The van der Waals surface area contributed by atoms with Gasteiger partial charge in [0.15, 0.2) is 0 Å². The highest BCUT2D eigenvalue weighted by molar-refractivity contribution is 9.11. The van der Waals surface area contributed by atoms with Crippen molar-refractivity contribution in [1.29, 1.82) is 0 Å². The number of rotatable bonds is 7. The average Bonchev–Trinajstić information content (AvgIpc) is 2.92. The fourth-order valence-electron chi connectivity index (χ4n) is 2.38. The average molecular weight is 415 g/mol. The van der Waals surface area contributed by atoms with Gasteiger partial charge in [0.2, 0.25) is 0 Å². The predicted molar refractivity (Wildman–Crippen MR) is 94.5 cm³/mol. The van der Waals surface area contributed by atoms with Gasteiger partial charge in [-0.15, -0.1) is 0 Å². The maximum atomic E-state index is 4.60. The Kier molecular flexibility index (Phi) is 6.45. The summed E-state index contributed by atoms with van der Waals surface area (Å²) in [6.07, 6.45) is 6.14. The Balaban J connectivity index is 2.42. The van der Waals surface area contributed by atoms with Crippen LogP contribution in [0.15, 0.2) is 39.5 Å². The summed E-state index contributed by atoms with van der Waals surface area (Å²) in [6.45, 7) is 6.32. The number of nitrogens with zero attached hydrogens (tertiary/aromatic N) is 2. The summed E-state index contributed by atoms with van der Waals surface area (Å²) in [6, 6.07) is 6.37. The van der Waals surface area contributed by atoms with Crippen molar-refractivity contribution in [2.24, 2.45) is 0 Å². The summed E-state index contributed by atoms with van der Waals surface area (Å²) in [7, 11) is 0. The zero-order valence-corrected chi connectivity index (χ0v) is 15.6. The lowest BCUT2D eigenvalue weighted by Crippen LogP contribution is -2.26. The SMILES string of the molecule is CCCNC(c1cc(Br)ccc1Br)c1nccn1CCC. The topological polar surface area (TPSA) is 29.9 Å². The van der Waals surface area contributed by atoms with Crippen LogP contribution in [0.5, 0.6) is 0 Å². The number of hydrogen-bond donors (Lipinski definition) is 1. The molecule has 114 valence electrons. The smallest absolute Gasteiger partial charge is 0.130 e. The first-order valence-corrected chi connectivity index (χ1v) is 8.95. The molecule has 1 heterocycles. The molecule has 21 heavy (non-hydrogen) atoms. The van der Waals surface area contributed by atoms with Crippen LogP contribution in [0.2, 0.25) is 0 Å². The first-order chi connectivity index (χ1) is 10.2. The van der Waals surface area contributed by atoms with Crippen LogP contribution < -0.4 is 5.32 Å².